The summed E-state index contributed by atoms with van der Waals surface area (Å²) >= 11 is 3.81. The molecule has 0 radical (unpaired) electrons. The van der Waals surface area contributed by atoms with Crippen LogP contribution in [0.3, 0.4) is 0 Å². The van der Waals surface area contributed by atoms with Crippen molar-refractivity contribution in [2.45, 2.75) is 132 Å². The molecule has 1 aliphatic heterocycles. The zero-order valence-electron chi connectivity index (χ0n) is 28.9. The van der Waals surface area contributed by atoms with Gasteiger partial charge < -0.3 is 5.11 Å². The van der Waals surface area contributed by atoms with Gasteiger partial charge in [-0.15, -0.1) is 0 Å². The lowest BCUT2D eigenvalue weighted by Gasteiger charge is -2.29. The van der Waals surface area contributed by atoms with Crippen LogP contribution in [0.5, 0.6) is 0 Å². The minimum absolute atomic E-state index is 0.111. The second kappa shape index (κ2) is 18.3. The Kier molecular flexibility index (Phi) is 15.2. The van der Waals surface area contributed by atoms with Gasteiger partial charge in [-0.25, -0.2) is 0 Å². The molecule has 0 fully saturated rings. The van der Waals surface area contributed by atoms with Crippen molar-refractivity contribution in [2.75, 3.05) is 0 Å². The van der Waals surface area contributed by atoms with Crippen LogP contribution in [0.2, 0.25) is 0 Å². The van der Waals surface area contributed by atoms with Crippen molar-refractivity contribution < 1.29 is 9.90 Å². The van der Waals surface area contributed by atoms with Gasteiger partial charge in [0.25, 0.3) is 0 Å². The van der Waals surface area contributed by atoms with Crippen LogP contribution in [0, 0.1) is 23.7 Å². The lowest BCUT2D eigenvalue weighted by Crippen LogP contribution is -2.29. The van der Waals surface area contributed by atoms with Crippen molar-refractivity contribution >= 4 is 35.0 Å². The molecule has 4 atom stereocenters. The van der Waals surface area contributed by atoms with Crippen LogP contribution in [0.4, 0.5) is 0 Å². The summed E-state index contributed by atoms with van der Waals surface area (Å²) in [5.74, 6) is 2.56. The second-order valence-electron chi connectivity index (χ2n) is 13.6. The fourth-order valence-electron chi connectivity index (χ4n) is 5.34. The van der Waals surface area contributed by atoms with E-state index in [2.05, 4.69) is 79.7 Å². The molecule has 2 nitrogen and oxygen atoms in total. The van der Waals surface area contributed by atoms with Crippen LogP contribution < -0.4 is 5.11 Å². The highest BCUT2D eigenvalue weighted by Crippen LogP contribution is 2.40. The van der Waals surface area contributed by atoms with E-state index in [9.17, 15) is 9.90 Å². The number of carbonyl (C=O) groups is 1. The number of hydrogen-bond acceptors (Lipinski definition) is 3. The van der Waals surface area contributed by atoms with Crippen LogP contribution in [-0.2, 0) is 17.6 Å². The smallest absolute Gasteiger partial charge is 0.218 e. The van der Waals surface area contributed by atoms with Crippen molar-refractivity contribution in [1.29, 1.82) is 0 Å². The maximum absolute atomic E-state index is 13.4. The number of aryl methyl sites for hydroxylation is 2. The fraction of sp³-hybridized carbons (Fsp3) is 0.600. The van der Waals surface area contributed by atoms with E-state index in [0.717, 1.165) is 36.8 Å². The number of hydrogen-bond donors (Lipinski definition) is 0. The molecule has 0 N–H and O–H groups in total. The molecule has 1 aromatic heterocycles. The number of ketones is 1. The van der Waals surface area contributed by atoms with Gasteiger partial charge in [0, 0.05) is 36.1 Å². The van der Waals surface area contributed by atoms with Gasteiger partial charge in [0.05, 0.1) is 0 Å². The highest BCUT2D eigenvalue weighted by atomic mass is 32.2. The summed E-state index contributed by atoms with van der Waals surface area (Å²) in [5, 5.41) is 13.4. The Balaban J connectivity index is 1.89. The fourth-order valence-corrected chi connectivity index (χ4v) is 7.67. The lowest BCUT2D eigenvalue weighted by atomic mass is 9.85. The van der Waals surface area contributed by atoms with Crippen molar-refractivity contribution in [3.8, 4) is 0 Å². The first-order chi connectivity index (χ1) is 21.1. The van der Waals surface area contributed by atoms with Crippen molar-refractivity contribution in [3.05, 3.63) is 78.0 Å². The average molecular weight is 635 g/mol. The lowest BCUT2D eigenvalue weighted by molar-refractivity contribution is -0.300. The summed E-state index contributed by atoms with van der Waals surface area (Å²) in [6, 6.07) is 4.42. The van der Waals surface area contributed by atoms with E-state index in [-0.39, 0.29) is 11.5 Å². The minimum Gasteiger partial charge on any atom is -0.871 e. The van der Waals surface area contributed by atoms with E-state index < -0.39 is 0 Å². The van der Waals surface area contributed by atoms with Gasteiger partial charge in [0.15, 0.2) is 5.78 Å². The van der Waals surface area contributed by atoms with E-state index in [4.69, 9.17) is 0 Å². The quantitative estimate of drug-likeness (QED) is 0.119. The molecule has 242 valence electrons. The van der Waals surface area contributed by atoms with Gasteiger partial charge >= 0.3 is 0 Å². The summed E-state index contributed by atoms with van der Waals surface area (Å²) < 4.78 is 0. The van der Waals surface area contributed by atoms with Gasteiger partial charge in [-0.2, -0.15) is 0 Å². The molecular formula is C40H58O2S2. The Morgan fingerprint density at radius 2 is 1.14 bits per heavy atom. The van der Waals surface area contributed by atoms with Gasteiger partial charge in [-0.3, -0.25) is 4.79 Å². The minimum atomic E-state index is -0.111. The third-order valence-electron chi connectivity index (χ3n) is 9.76. The largest absolute Gasteiger partial charge is 0.871 e. The van der Waals surface area contributed by atoms with Gasteiger partial charge in [0.1, 0.15) is 0 Å². The third-order valence-corrected chi connectivity index (χ3v) is 12.1. The maximum Gasteiger partial charge on any atom is 0.218 e. The number of thioether (sulfide) groups is 1. The molecule has 0 saturated carbocycles. The molecule has 3 rings (SSSR count). The average Bonchev–Trinajstić information content (AvgIpc) is 3.04. The van der Waals surface area contributed by atoms with E-state index in [1.54, 1.807) is 0 Å². The Labute approximate surface area is 277 Å². The van der Waals surface area contributed by atoms with Gasteiger partial charge in [-0.1, -0.05) is 98.6 Å². The number of Topliss-reactive ketones (excluding diaryl/α,β-unsaturated/α-hetero) is 1. The SMILES string of the molecule is CCC(C)CCC1=CC(=CC2=C([O-])C(=Cc3cc(CCC(C)CC)[s+]c(CCC(C)CC)c3)C2=O)C=C(CCC(C)CC)S1. The number of allylic oxidation sites excluding steroid dienone is 8. The molecule has 0 amide bonds. The van der Waals surface area contributed by atoms with Crippen LogP contribution in [0.25, 0.3) is 6.08 Å². The molecule has 4 heteroatoms. The molecular weight excluding hydrogens is 577 g/mol. The van der Waals surface area contributed by atoms with Crippen LogP contribution in [-0.4, -0.2) is 5.78 Å². The van der Waals surface area contributed by atoms with Crippen molar-refractivity contribution in [3.63, 3.8) is 0 Å². The Hall–Kier alpha value is -1.91. The van der Waals surface area contributed by atoms with E-state index in [1.807, 2.05) is 35.3 Å². The van der Waals surface area contributed by atoms with Crippen LogP contribution in [0.15, 0.2) is 62.6 Å². The third kappa shape index (κ3) is 11.2. The summed E-state index contributed by atoms with van der Waals surface area (Å²) in [7, 11) is 0. The summed E-state index contributed by atoms with van der Waals surface area (Å²) in [6.07, 6.45) is 21.7. The molecule has 4 unspecified atom stereocenters. The van der Waals surface area contributed by atoms with Crippen LogP contribution >= 0.6 is 23.1 Å². The highest BCUT2D eigenvalue weighted by Gasteiger charge is 2.27. The molecule has 0 spiro atoms. The van der Waals surface area contributed by atoms with E-state index in [1.165, 1.54) is 70.9 Å². The molecule has 2 heterocycles. The standard InChI is InChI=1S/C40H58O2S2/c1-9-27(5)13-17-33-21-31(22-34(43-33)18-14-28(6)10-2)25-37-39(41)38(40(37)42)26-32-23-35(19-15-29(7)11-3)44-36(24-32)20-16-30(8)12-4/h21-30H,9-20H2,1-8H3. The molecule has 0 saturated heterocycles. The zero-order chi connectivity index (χ0) is 32.2. The Morgan fingerprint density at radius 1 is 0.705 bits per heavy atom. The summed E-state index contributed by atoms with van der Waals surface area (Å²) in [6.45, 7) is 18.3. The monoisotopic (exact) mass is 634 g/mol. The van der Waals surface area contributed by atoms with Gasteiger partial charge in [0.2, 0.25) is 21.1 Å². The Bertz CT molecular complexity index is 1210. The first-order valence-electron chi connectivity index (χ1n) is 17.5. The first-order valence-corrected chi connectivity index (χ1v) is 19.1. The zero-order valence-corrected chi connectivity index (χ0v) is 30.5. The molecule has 2 aliphatic rings. The van der Waals surface area contributed by atoms with Crippen molar-refractivity contribution in [1.82, 2.24) is 0 Å². The van der Waals surface area contributed by atoms with Crippen molar-refractivity contribution in [2.24, 2.45) is 23.7 Å². The first kappa shape index (κ1) is 36.6. The normalized spacial score (nSPS) is 19.0. The summed E-state index contributed by atoms with van der Waals surface area (Å²) in [4.78, 5) is 18.8. The maximum atomic E-state index is 13.4. The number of rotatable bonds is 18. The number of carbonyl (C=O) groups excluding carboxylic acids is 1. The predicted molar refractivity (Wildman–Crippen MR) is 194 cm³/mol. The molecule has 1 aliphatic carbocycles. The van der Waals surface area contributed by atoms with E-state index >= 15 is 0 Å². The molecule has 1 aromatic rings. The molecule has 0 bridgehead atoms. The van der Waals surface area contributed by atoms with Gasteiger partial charge in [-0.05, 0) is 107 Å². The topological polar surface area (TPSA) is 40.1 Å². The van der Waals surface area contributed by atoms with E-state index in [0.29, 0.717) is 34.8 Å². The predicted octanol–water partition coefficient (Wildman–Crippen LogP) is 11.7. The highest BCUT2D eigenvalue weighted by molar-refractivity contribution is 8.06. The Morgan fingerprint density at radius 3 is 1.55 bits per heavy atom. The molecule has 0 aromatic carbocycles. The molecule has 44 heavy (non-hydrogen) atoms. The summed E-state index contributed by atoms with van der Waals surface area (Å²) in [5.41, 5.74) is 2.67. The second-order valence-corrected chi connectivity index (χ2v) is 16.1. The van der Waals surface area contributed by atoms with Crippen LogP contribution in [0.1, 0.15) is 135 Å².